The third kappa shape index (κ3) is 1.65. The Kier molecular flexibility index (Phi) is 3.28. The van der Waals surface area contributed by atoms with Crippen LogP contribution in [0.1, 0.15) is 22.4 Å². The highest BCUT2D eigenvalue weighted by Crippen LogP contribution is 2.49. The fourth-order valence-electron chi connectivity index (χ4n) is 2.20. The first-order valence-corrected chi connectivity index (χ1v) is 6.10. The second kappa shape index (κ2) is 4.53. The summed E-state index contributed by atoms with van der Waals surface area (Å²) in [6.45, 7) is 0. The minimum absolute atomic E-state index is 0.385. The number of hydrogen-bond acceptors (Lipinski definition) is 3. The van der Waals surface area contributed by atoms with Crippen LogP contribution in [0.2, 0.25) is 0 Å². The van der Waals surface area contributed by atoms with Gasteiger partial charge in [0.15, 0.2) is 11.5 Å². The third-order valence-electron chi connectivity index (χ3n) is 2.95. The quantitative estimate of drug-likeness (QED) is 0.800. The number of ether oxygens (including phenoxy) is 3. The number of benzene rings is 1. The van der Waals surface area contributed by atoms with Crippen LogP contribution in [0.25, 0.3) is 0 Å². The van der Waals surface area contributed by atoms with Gasteiger partial charge in [-0.2, -0.15) is 0 Å². The lowest BCUT2D eigenvalue weighted by Crippen LogP contribution is -1.99. The molecule has 0 radical (unpaired) electrons. The molecule has 0 spiro atoms. The molecule has 1 aromatic carbocycles. The topological polar surface area (TPSA) is 27.7 Å². The highest BCUT2D eigenvalue weighted by molar-refractivity contribution is 9.09. The van der Waals surface area contributed by atoms with Gasteiger partial charge in [-0.05, 0) is 24.5 Å². The Balaban J connectivity index is 2.64. The normalized spacial score (nSPS) is 18.1. The van der Waals surface area contributed by atoms with Crippen molar-refractivity contribution in [3.8, 4) is 17.2 Å². The molecule has 0 heterocycles. The zero-order valence-electron chi connectivity index (χ0n) is 9.67. The van der Waals surface area contributed by atoms with E-state index in [1.54, 1.807) is 21.3 Å². The second-order valence-electron chi connectivity index (χ2n) is 3.72. The molecule has 1 atom stereocenters. The molecule has 1 aromatic rings. The van der Waals surface area contributed by atoms with Gasteiger partial charge in [-0.3, -0.25) is 0 Å². The van der Waals surface area contributed by atoms with Crippen LogP contribution in [0.5, 0.6) is 17.2 Å². The first-order valence-electron chi connectivity index (χ1n) is 5.18. The van der Waals surface area contributed by atoms with Crippen LogP contribution in [0.15, 0.2) is 6.07 Å². The fourth-order valence-corrected chi connectivity index (χ4v) is 2.84. The number of fused-ring (bicyclic) bond motifs is 1. The molecule has 0 bridgehead atoms. The summed E-state index contributed by atoms with van der Waals surface area (Å²) >= 11 is 3.66. The van der Waals surface area contributed by atoms with Crippen molar-refractivity contribution in [2.24, 2.45) is 0 Å². The van der Waals surface area contributed by atoms with Crippen LogP contribution in [0.3, 0.4) is 0 Å². The zero-order valence-corrected chi connectivity index (χ0v) is 11.3. The van der Waals surface area contributed by atoms with Gasteiger partial charge in [-0.1, -0.05) is 15.9 Å². The third-order valence-corrected chi connectivity index (χ3v) is 3.90. The van der Waals surface area contributed by atoms with Crippen molar-refractivity contribution in [1.29, 1.82) is 0 Å². The van der Waals surface area contributed by atoms with Gasteiger partial charge >= 0.3 is 0 Å². The van der Waals surface area contributed by atoms with E-state index in [1.165, 1.54) is 11.1 Å². The molecule has 1 aliphatic carbocycles. The summed E-state index contributed by atoms with van der Waals surface area (Å²) in [5.74, 6) is 2.22. The minimum Gasteiger partial charge on any atom is -0.493 e. The summed E-state index contributed by atoms with van der Waals surface area (Å²) in [6.07, 6.45) is 2.09. The Bertz CT molecular complexity index is 400. The van der Waals surface area contributed by atoms with Crippen molar-refractivity contribution in [2.45, 2.75) is 17.7 Å². The molecule has 1 unspecified atom stereocenters. The first kappa shape index (κ1) is 11.6. The number of methoxy groups -OCH3 is 3. The van der Waals surface area contributed by atoms with Crippen molar-refractivity contribution >= 4 is 15.9 Å². The van der Waals surface area contributed by atoms with Crippen molar-refractivity contribution in [1.82, 2.24) is 0 Å². The molecule has 2 rings (SSSR count). The van der Waals surface area contributed by atoms with Crippen LogP contribution in [-0.2, 0) is 6.42 Å². The summed E-state index contributed by atoms with van der Waals surface area (Å²) in [6, 6.07) is 2.03. The van der Waals surface area contributed by atoms with E-state index in [9.17, 15) is 0 Å². The van der Waals surface area contributed by atoms with Crippen LogP contribution in [0, 0.1) is 0 Å². The minimum atomic E-state index is 0.385. The standard InChI is InChI=1S/C12H15BrO3/c1-14-10-6-8-7(4-5-9(8)13)11(15-2)12(10)16-3/h6,9H,4-5H2,1-3H3. The largest absolute Gasteiger partial charge is 0.493 e. The van der Waals surface area contributed by atoms with Crippen molar-refractivity contribution in [3.63, 3.8) is 0 Å². The smallest absolute Gasteiger partial charge is 0.203 e. The van der Waals surface area contributed by atoms with E-state index in [0.29, 0.717) is 10.6 Å². The Hall–Kier alpha value is -0.900. The summed E-state index contributed by atoms with van der Waals surface area (Å²) in [5, 5.41) is 0. The maximum Gasteiger partial charge on any atom is 0.203 e. The molecule has 0 saturated carbocycles. The SMILES string of the molecule is COc1cc2c(c(OC)c1OC)CCC2Br. The van der Waals surface area contributed by atoms with E-state index >= 15 is 0 Å². The molecule has 4 heteroatoms. The lowest BCUT2D eigenvalue weighted by Gasteiger charge is -2.16. The summed E-state index contributed by atoms with van der Waals surface area (Å²) in [7, 11) is 4.94. The lowest BCUT2D eigenvalue weighted by molar-refractivity contribution is 0.322. The van der Waals surface area contributed by atoms with Crippen LogP contribution < -0.4 is 14.2 Å². The Labute approximate surface area is 104 Å². The molecular weight excluding hydrogens is 272 g/mol. The summed E-state index contributed by atoms with van der Waals surface area (Å²) in [5.41, 5.74) is 2.47. The van der Waals surface area contributed by atoms with Gasteiger partial charge in [0.05, 0.1) is 21.3 Å². The van der Waals surface area contributed by atoms with Crippen LogP contribution in [0.4, 0.5) is 0 Å². The molecule has 0 N–H and O–H groups in total. The average Bonchev–Trinajstić information content (AvgIpc) is 2.68. The van der Waals surface area contributed by atoms with Crippen molar-refractivity contribution < 1.29 is 14.2 Å². The van der Waals surface area contributed by atoms with Crippen molar-refractivity contribution in [2.75, 3.05) is 21.3 Å². The van der Waals surface area contributed by atoms with Crippen LogP contribution in [-0.4, -0.2) is 21.3 Å². The van der Waals surface area contributed by atoms with E-state index in [4.69, 9.17) is 14.2 Å². The highest BCUT2D eigenvalue weighted by atomic mass is 79.9. The Morgan fingerprint density at radius 1 is 1.12 bits per heavy atom. The van der Waals surface area contributed by atoms with Gasteiger partial charge in [0.2, 0.25) is 5.75 Å². The van der Waals surface area contributed by atoms with E-state index < -0.39 is 0 Å². The molecule has 3 nitrogen and oxygen atoms in total. The van der Waals surface area contributed by atoms with E-state index in [0.717, 1.165) is 24.3 Å². The summed E-state index contributed by atoms with van der Waals surface area (Å²) < 4.78 is 16.1. The fraction of sp³-hybridized carbons (Fsp3) is 0.500. The number of hydrogen-bond donors (Lipinski definition) is 0. The van der Waals surface area contributed by atoms with E-state index in [1.807, 2.05) is 6.07 Å². The number of alkyl halides is 1. The van der Waals surface area contributed by atoms with E-state index in [-0.39, 0.29) is 0 Å². The second-order valence-corrected chi connectivity index (χ2v) is 4.82. The maximum absolute atomic E-state index is 5.44. The van der Waals surface area contributed by atoms with E-state index in [2.05, 4.69) is 15.9 Å². The molecule has 88 valence electrons. The molecule has 0 aromatic heterocycles. The molecular formula is C12H15BrO3. The molecule has 1 aliphatic rings. The van der Waals surface area contributed by atoms with Gasteiger partial charge in [0, 0.05) is 10.4 Å². The molecule has 0 aliphatic heterocycles. The lowest BCUT2D eigenvalue weighted by atomic mass is 10.1. The molecule has 0 saturated heterocycles. The highest BCUT2D eigenvalue weighted by Gasteiger charge is 2.28. The van der Waals surface area contributed by atoms with Gasteiger partial charge in [0.25, 0.3) is 0 Å². The first-order chi connectivity index (χ1) is 7.72. The summed E-state index contributed by atoms with van der Waals surface area (Å²) in [4.78, 5) is 0.385. The van der Waals surface area contributed by atoms with Crippen LogP contribution >= 0.6 is 15.9 Å². The Morgan fingerprint density at radius 2 is 1.81 bits per heavy atom. The number of halogens is 1. The van der Waals surface area contributed by atoms with Gasteiger partial charge in [-0.15, -0.1) is 0 Å². The zero-order chi connectivity index (χ0) is 11.7. The van der Waals surface area contributed by atoms with Gasteiger partial charge in [0.1, 0.15) is 0 Å². The average molecular weight is 287 g/mol. The number of rotatable bonds is 3. The molecule has 0 amide bonds. The predicted octanol–water partition coefficient (Wildman–Crippen LogP) is 3.09. The molecule has 0 fully saturated rings. The van der Waals surface area contributed by atoms with Crippen molar-refractivity contribution in [3.05, 3.63) is 17.2 Å². The molecule has 16 heavy (non-hydrogen) atoms. The van der Waals surface area contributed by atoms with Gasteiger partial charge in [-0.25, -0.2) is 0 Å². The Morgan fingerprint density at radius 3 is 2.38 bits per heavy atom. The monoisotopic (exact) mass is 286 g/mol. The van der Waals surface area contributed by atoms with Gasteiger partial charge < -0.3 is 14.2 Å². The maximum atomic E-state index is 5.44. The predicted molar refractivity (Wildman–Crippen MR) is 66.1 cm³/mol.